The van der Waals surface area contributed by atoms with Crippen LogP contribution in [0, 0.1) is 11.3 Å². The first-order chi connectivity index (χ1) is 18.8. The summed E-state index contributed by atoms with van der Waals surface area (Å²) in [5.74, 6) is -3.20. The van der Waals surface area contributed by atoms with Crippen LogP contribution in [0.1, 0.15) is 44.6 Å². The Hall–Kier alpha value is -2.95. The molecule has 5 aliphatic rings. The molecular weight excluding hydrogens is 525 g/mol. The molecule has 3 fully saturated rings. The van der Waals surface area contributed by atoms with Gasteiger partial charge in [-0.05, 0) is 30.1 Å². The second kappa shape index (κ2) is 9.03. The SMILES string of the molecule is CC(=O)OC(=C(C(=O)NC1(O)C=CC2=C3C1O[C@H]1CCC[C@H]4[C@@H](C2)[N+](C)(C)CC[C@]314)C(F)(F)F)c1ccccc1. The molecule has 2 saturated heterocycles. The van der Waals surface area contributed by atoms with Crippen LogP contribution in [0.4, 0.5) is 13.2 Å². The third-order valence-corrected chi connectivity index (χ3v) is 9.79. The van der Waals surface area contributed by atoms with Crippen molar-refractivity contribution >= 4 is 17.6 Å². The van der Waals surface area contributed by atoms with Crippen molar-refractivity contribution in [3.05, 3.63) is 64.8 Å². The Morgan fingerprint density at radius 3 is 2.58 bits per heavy atom. The van der Waals surface area contributed by atoms with Crippen LogP contribution >= 0.6 is 0 Å². The molecule has 1 spiro atoms. The van der Waals surface area contributed by atoms with Gasteiger partial charge in [-0.2, -0.15) is 13.2 Å². The largest absolute Gasteiger partial charge is 0.425 e. The predicted molar refractivity (Wildman–Crippen MR) is 139 cm³/mol. The molecule has 1 aromatic rings. The van der Waals surface area contributed by atoms with E-state index in [4.69, 9.17) is 9.47 Å². The number of halogens is 3. The number of carbonyl (C=O) groups is 2. The number of likely N-dealkylation sites (tertiary alicyclic amines) is 1. The molecule has 40 heavy (non-hydrogen) atoms. The van der Waals surface area contributed by atoms with Crippen LogP contribution in [0.25, 0.3) is 5.76 Å². The van der Waals surface area contributed by atoms with E-state index in [2.05, 4.69) is 19.4 Å². The van der Waals surface area contributed by atoms with Crippen LogP contribution in [0.5, 0.6) is 0 Å². The first kappa shape index (κ1) is 27.2. The van der Waals surface area contributed by atoms with Gasteiger partial charge in [0.25, 0.3) is 5.91 Å². The topological polar surface area (TPSA) is 84.9 Å². The zero-order valence-corrected chi connectivity index (χ0v) is 22.8. The molecule has 1 saturated carbocycles. The Kier molecular flexibility index (Phi) is 6.14. The summed E-state index contributed by atoms with van der Waals surface area (Å²) in [7, 11) is 4.50. The average molecular weight is 560 g/mol. The van der Waals surface area contributed by atoms with E-state index in [0.29, 0.717) is 12.0 Å². The molecule has 2 aliphatic heterocycles. The minimum absolute atomic E-state index is 0.0949. The Morgan fingerprint density at radius 2 is 1.90 bits per heavy atom. The second-order valence-corrected chi connectivity index (χ2v) is 12.3. The first-order valence-electron chi connectivity index (χ1n) is 13.8. The lowest BCUT2D eigenvalue weighted by molar-refractivity contribution is -0.928. The van der Waals surface area contributed by atoms with Crippen molar-refractivity contribution in [2.75, 3.05) is 20.6 Å². The lowest BCUT2D eigenvalue weighted by atomic mass is 9.50. The number of quaternary nitrogens is 1. The molecule has 6 rings (SSSR count). The van der Waals surface area contributed by atoms with E-state index in [1.54, 1.807) is 12.1 Å². The summed E-state index contributed by atoms with van der Waals surface area (Å²) in [4.78, 5) is 25.3. The summed E-state index contributed by atoms with van der Waals surface area (Å²) in [5, 5.41) is 14.1. The zero-order valence-electron chi connectivity index (χ0n) is 22.8. The van der Waals surface area contributed by atoms with Gasteiger partial charge in [0.1, 0.15) is 6.10 Å². The van der Waals surface area contributed by atoms with Gasteiger partial charge < -0.3 is 24.4 Å². The Balaban J connectivity index is 1.41. The molecule has 6 atom stereocenters. The fraction of sp³-hybridized carbons (Fsp3) is 0.533. The van der Waals surface area contributed by atoms with E-state index in [1.807, 2.05) is 0 Å². The molecule has 2 bridgehead atoms. The molecule has 0 aromatic heterocycles. The third kappa shape index (κ3) is 3.98. The Morgan fingerprint density at radius 1 is 1.18 bits per heavy atom. The van der Waals surface area contributed by atoms with Gasteiger partial charge in [-0.3, -0.25) is 9.59 Å². The molecule has 7 nitrogen and oxygen atoms in total. The van der Waals surface area contributed by atoms with Crippen molar-refractivity contribution < 1.29 is 41.8 Å². The third-order valence-electron chi connectivity index (χ3n) is 9.79. The smallest absolute Gasteiger partial charge is 0.425 e. The number of aliphatic hydroxyl groups is 1. The summed E-state index contributed by atoms with van der Waals surface area (Å²) in [6.45, 7) is 1.90. The molecule has 3 aliphatic carbocycles. The highest BCUT2D eigenvalue weighted by Crippen LogP contribution is 2.66. The normalized spacial score (nSPS) is 36.0. The van der Waals surface area contributed by atoms with E-state index in [9.17, 15) is 27.9 Å². The number of ether oxygens (including phenoxy) is 2. The molecule has 2 N–H and O–H groups in total. The van der Waals surface area contributed by atoms with Crippen LogP contribution in [-0.4, -0.2) is 72.3 Å². The minimum Gasteiger partial charge on any atom is -0.425 e. The van der Waals surface area contributed by atoms with Crippen molar-refractivity contribution in [1.29, 1.82) is 0 Å². The number of nitrogens with zero attached hydrogens (tertiary/aromatic N) is 1. The van der Waals surface area contributed by atoms with Gasteiger partial charge in [0.05, 0.1) is 32.8 Å². The van der Waals surface area contributed by atoms with E-state index in [1.165, 1.54) is 30.3 Å². The van der Waals surface area contributed by atoms with Gasteiger partial charge in [-0.1, -0.05) is 42.8 Å². The number of alkyl halides is 3. The van der Waals surface area contributed by atoms with Gasteiger partial charge in [-0.25, -0.2) is 0 Å². The molecule has 10 heteroatoms. The number of amides is 1. The fourth-order valence-corrected chi connectivity index (χ4v) is 8.15. The Bertz CT molecular complexity index is 1350. The van der Waals surface area contributed by atoms with E-state index >= 15 is 0 Å². The predicted octanol–water partition coefficient (Wildman–Crippen LogP) is 4.00. The monoisotopic (exact) mass is 559 g/mol. The number of hydrogen-bond acceptors (Lipinski definition) is 5. The summed E-state index contributed by atoms with van der Waals surface area (Å²) < 4.78 is 55.7. The Labute approximate surface area is 230 Å². The lowest BCUT2D eigenvalue weighted by Gasteiger charge is -2.60. The standard InChI is InChI=1S/C30H33F3N2O5/c1-17(36)39-25(18-8-5-4-6-9-18)24(30(31,32)33)27(37)34-29(38)13-12-19-16-21-20-10-7-11-22-28(20,14-15-35(21,2)3)23(19)26(29)40-22/h4-6,8-9,12-13,20-22,26,38H,7,10-11,14-16H2,1-3H3/p+1/t20-,21+,22-,26?,28+,29?/m0/s1. The molecular formula is C30H34F3N2O5+. The van der Waals surface area contributed by atoms with Crippen LogP contribution in [0.15, 0.2) is 59.2 Å². The van der Waals surface area contributed by atoms with Gasteiger partial charge in [0.15, 0.2) is 17.1 Å². The van der Waals surface area contributed by atoms with Crippen molar-refractivity contribution in [3.8, 4) is 0 Å². The van der Waals surface area contributed by atoms with E-state index in [0.717, 1.165) is 61.2 Å². The minimum atomic E-state index is -5.19. The number of hydrogen-bond donors (Lipinski definition) is 2. The number of nitrogens with one attached hydrogen (secondary N) is 1. The van der Waals surface area contributed by atoms with E-state index < -0.39 is 41.2 Å². The van der Waals surface area contributed by atoms with Gasteiger partial charge in [0, 0.05) is 36.7 Å². The average Bonchev–Trinajstić information content (AvgIpc) is 3.22. The summed E-state index contributed by atoms with van der Waals surface area (Å²) in [6, 6.07) is 7.55. The van der Waals surface area contributed by atoms with Crippen LogP contribution in [-0.2, 0) is 19.1 Å². The number of rotatable bonds is 4. The molecule has 0 radical (unpaired) electrons. The van der Waals surface area contributed by atoms with Crippen molar-refractivity contribution in [2.24, 2.45) is 11.3 Å². The summed E-state index contributed by atoms with van der Waals surface area (Å²) >= 11 is 0. The lowest BCUT2D eigenvalue weighted by Crippen LogP contribution is -2.67. The highest BCUT2D eigenvalue weighted by atomic mass is 19.4. The number of allylic oxidation sites excluding steroid dienone is 1. The van der Waals surface area contributed by atoms with Crippen molar-refractivity contribution in [3.63, 3.8) is 0 Å². The van der Waals surface area contributed by atoms with Crippen LogP contribution < -0.4 is 5.32 Å². The maximum atomic E-state index is 14.5. The molecule has 1 aromatic carbocycles. The fourth-order valence-electron chi connectivity index (χ4n) is 8.15. The van der Waals surface area contributed by atoms with Gasteiger partial charge in [0.2, 0.25) is 0 Å². The first-order valence-corrected chi connectivity index (χ1v) is 13.8. The van der Waals surface area contributed by atoms with Crippen LogP contribution in [0.3, 0.4) is 0 Å². The highest BCUT2D eigenvalue weighted by Gasteiger charge is 2.70. The number of esters is 1. The number of carbonyl (C=O) groups excluding carboxylic acids is 2. The zero-order chi connectivity index (χ0) is 28.7. The number of piperidine rings is 1. The molecule has 2 heterocycles. The summed E-state index contributed by atoms with van der Waals surface area (Å²) in [5.41, 5.74) is -2.32. The maximum Gasteiger partial charge on any atom is 0.425 e. The van der Waals surface area contributed by atoms with Gasteiger partial charge >= 0.3 is 12.1 Å². The van der Waals surface area contributed by atoms with E-state index in [-0.39, 0.29) is 17.1 Å². The second-order valence-electron chi connectivity index (χ2n) is 12.3. The van der Waals surface area contributed by atoms with Crippen molar-refractivity contribution in [2.45, 2.75) is 69.2 Å². The van der Waals surface area contributed by atoms with Gasteiger partial charge in [-0.15, -0.1) is 0 Å². The molecule has 2 unspecified atom stereocenters. The summed E-state index contributed by atoms with van der Waals surface area (Å²) in [6.07, 6.45) is 1.20. The van der Waals surface area contributed by atoms with Crippen molar-refractivity contribution in [1.82, 2.24) is 5.32 Å². The molecule has 1 amide bonds. The molecule has 214 valence electrons. The quantitative estimate of drug-likeness (QED) is 0.192. The highest BCUT2D eigenvalue weighted by molar-refractivity contribution is 6.03. The van der Waals surface area contributed by atoms with Crippen LogP contribution in [0.2, 0.25) is 0 Å². The number of benzene rings is 1. The maximum absolute atomic E-state index is 14.5.